The van der Waals surface area contributed by atoms with Crippen molar-refractivity contribution in [3.05, 3.63) is 95.8 Å². The smallest absolute Gasteiger partial charge is 0.273 e. The largest absolute Gasteiger partial charge is 0.368 e. The Morgan fingerprint density at radius 2 is 1.73 bits per heavy atom. The van der Waals surface area contributed by atoms with Crippen LogP contribution in [-0.2, 0) is 13.1 Å². The van der Waals surface area contributed by atoms with E-state index >= 15 is 0 Å². The quantitative estimate of drug-likeness (QED) is 0.546. The first-order valence-electron chi connectivity index (χ1n) is 9.55. The minimum Gasteiger partial charge on any atom is -0.368 e. The normalized spacial score (nSPS) is 12.9. The van der Waals surface area contributed by atoms with Gasteiger partial charge in [-0.2, -0.15) is 0 Å². The summed E-state index contributed by atoms with van der Waals surface area (Å²) in [5, 5.41) is 0.575. The minimum absolute atomic E-state index is 0.0407. The summed E-state index contributed by atoms with van der Waals surface area (Å²) in [6, 6.07) is 17.8. The highest BCUT2D eigenvalue weighted by Gasteiger charge is 2.27. The van der Waals surface area contributed by atoms with Crippen LogP contribution in [0.15, 0.2) is 60.7 Å². The Hall–Kier alpha value is -3.80. The van der Waals surface area contributed by atoms with Crippen molar-refractivity contribution in [1.82, 2.24) is 14.9 Å². The summed E-state index contributed by atoms with van der Waals surface area (Å²) >= 11 is 0. The lowest BCUT2D eigenvalue weighted by Gasteiger charge is -2.17. The second-order valence-corrected chi connectivity index (χ2v) is 7.39. The zero-order valence-electron chi connectivity index (χ0n) is 16.1. The van der Waals surface area contributed by atoms with E-state index in [4.69, 9.17) is 5.73 Å². The second kappa shape index (κ2) is 6.91. The van der Waals surface area contributed by atoms with Gasteiger partial charge >= 0.3 is 0 Å². The van der Waals surface area contributed by atoms with Crippen molar-refractivity contribution in [1.29, 1.82) is 0 Å². The zero-order chi connectivity index (χ0) is 20.8. The molecule has 1 aliphatic heterocycles. The zero-order valence-corrected chi connectivity index (χ0v) is 16.1. The van der Waals surface area contributed by atoms with Crippen molar-refractivity contribution in [2.45, 2.75) is 13.1 Å². The first kappa shape index (κ1) is 18.2. The van der Waals surface area contributed by atoms with Crippen molar-refractivity contribution in [2.24, 2.45) is 0 Å². The molecule has 0 saturated carbocycles. The van der Waals surface area contributed by atoms with Crippen LogP contribution in [-0.4, -0.2) is 20.8 Å². The lowest BCUT2D eigenvalue weighted by molar-refractivity contribution is 0.0747. The van der Waals surface area contributed by atoms with Gasteiger partial charge in [0.05, 0.1) is 5.52 Å². The Balaban J connectivity index is 1.61. The third kappa shape index (κ3) is 3.06. The van der Waals surface area contributed by atoms with E-state index < -0.39 is 0 Å². The molecule has 0 saturated heterocycles. The van der Waals surface area contributed by atoms with Gasteiger partial charge < -0.3 is 10.6 Å². The van der Waals surface area contributed by atoms with Crippen LogP contribution in [0.25, 0.3) is 22.0 Å². The third-order valence-electron chi connectivity index (χ3n) is 5.43. The number of rotatable bonds is 2. The minimum atomic E-state index is -0.350. The monoisotopic (exact) mass is 397 g/mol. The number of carbonyl (C=O) groups excluding carboxylic acids is 1. The number of hydrogen-bond acceptors (Lipinski definition) is 4. The number of nitrogens with zero attached hydrogens (tertiary/aromatic N) is 3. The van der Waals surface area contributed by atoms with Gasteiger partial charge in [0.15, 0.2) is 0 Å². The predicted molar refractivity (Wildman–Crippen MR) is 114 cm³/mol. The molecule has 5 rings (SSSR count). The van der Waals surface area contributed by atoms with Crippen LogP contribution in [0.3, 0.4) is 0 Å². The van der Waals surface area contributed by atoms with Crippen molar-refractivity contribution in [3.8, 4) is 11.1 Å². The Bertz CT molecular complexity index is 1290. The van der Waals surface area contributed by atoms with Crippen LogP contribution in [0.5, 0.6) is 0 Å². The van der Waals surface area contributed by atoms with E-state index in [0.717, 1.165) is 16.7 Å². The number of nitrogens with two attached hydrogens (primary N) is 1. The number of amides is 1. The molecule has 0 unspecified atom stereocenters. The molecule has 2 heterocycles. The second-order valence-electron chi connectivity index (χ2n) is 7.39. The summed E-state index contributed by atoms with van der Waals surface area (Å²) < 4.78 is 13.8. The van der Waals surface area contributed by atoms with Gasteiger partial charge in [0, 0.05) is 18.5 Å². The maximum absolute atomic E-state index is 13.8. The fourth-order valence-corrected chi connectivity index (χ4v) is 3.92. The topological polar surface area (TPSA) is 72.1 Å². The van der Waals surface area contributed by atoms with Crippen molar-refractivity contribution in [3.63, 3.8) is 0 Å². The summed E-state index contributed by atoms with van der Waals surface area (Å²) in [4.78, 5) is 23.6. The molecule has 3 aromatic carbocycles. The molecule has 0 bridgehead atoms. The summed E-state index contributed by atoms with van der Waals surface area (Å²) in [5.41, 5.74) is 11.0. The maximum Gasteiger partial charge on any atom is 0.273 e. The lowest BCUT2D eigenvalue weighted by Crippen LogP contribution is -2.27. The average Bonchev–Trinajstić information content (AvgIpc) is 3.18. The van der Waals surface area contributed by atoms with Crippen LogP contribution >= 0.6 is 0 Å². The number of nitrogen functional groups attached to an aromatic ring is 1. The fourth-order valence-electron chi connectivity index (χ4n) is 3.92. The maximum atomic E-state index is 13.8. The van der Waals surface area contributed by atoms with Crippen LogP contribution < -0.4 is 5.73 Å². The summed E-state index contributed by atoms with van der Waals surface area (Å²) in [5.74, 6) is -0.521. The Morgan fingerprint density at radius 1 is 1.00 bits per heavy atom. The SMILES string of the molecule is [CH2]c1ccc(F)cc1-c1ccc2nc(N)nc(C(=O)N3Cc4ccccc4C3)c2c1. The summed E-state index contributed by atoms with van der Waals surface area (Å²) in [6.45, 7) is 5.02. The van der Waals surface area contributed by atoms with Crippen LogP contribution in [0, 0.1) is 12.7 Å². The number of anilines is 1. The number of halogens is 1. The molecule has 30 heavy (non-hydrogen) atoms. The first-order chi connectivity index (χ1) is 14.5. The first-order valence-corrected chi connectivity index (χ1v) is 9.55. The molecule has 2 N–H and O–H groups in total. The number of hydrogen-bond donors (Lipinski definition) is 1. The summed E-state index contributed by atoms with van der Waals surface area (Å²) in [7, 11) is 0. The highest BCUT2D eigenvalue weighted by Crippen LogP contribution is 2.30. The number of benzene rings is 3. The molecule has 1 aromatic heterocycles. The Morgan fingerprint density at radius 3 is 2.47 bits per heavy atom. The molecule has 1 aliphatic rings. The van der Waals surface area contributed by atoms with Gasteiger partial charge in [-0.25, -0.2) is 14.4 Å². The van der Waals surface area contributed by atoms with Gasteiger partial charge in [-0.15, -0.1) is 0 Å². The van der Waals surface area contributed by atoms with Crippen molar-refractivity contribution >= 4 is 22.8 Å². The molecule has 147 valence electrons. The molecule has 0 aliphatic carbocycles. The summed E-state index contributed by atoms with van der Waals surface area (Å²) in [6.07, 6.45) is 0. The van der Waals surface area contributed by atoms with E-state index in [2.05, 4.69) is 16.9 Å². The molecule has 5 nitrogen and oxygen atoms in total. The predicted octanol–water partition coefficient (Wildman–Crippen LogP) is 4.36. The molecular weight excluding hydrogens is 379 g/mol. The van der Waals surface area contributed by atoms with Crippen molar-refractivity contribution < 1.29 is 9.18 Å². The Labute approximate surface area is 173 Å². The molecule has 1 amide bonds. The van der Waals surface area contributed by atoms with Crippen LogP contribution in [0.4, 0.5) is 10.3 Å². The third-order valence-corrected chi connectivity index (χ3v) is 5.43. The molecule has 0 spiro atoms. The molecular formula is C24H18FN4O. The number of aromatic nitrogens is 2. The van der Waals surface area contributed by atoms with Crippen LogP contribution in [0.1, 0.15) is 27.2 Å². The van der Waals surface area contributed by atoms with Gasteiger partial charge in [-0.3, -0.25) is 4.79 Å². The van der Waals surface area contributed by atoms with E-state index in [-0.39, 0.29) is 23.4 Å². The highest BCUT2D eigenvalue weighted by molar-refractivity contribution is 6.06. The number of fused-ring (bicyclic) bond motifs is 2. The molecule has 6 heteroatoms. The highest BCUT2D eigenvalue weighted by atomic mass is 19.1. The van der Waals surface area contributed by atoms with Gasteiger partial charge in [0.2, 0.25) is 5.95 Å². The van der Waals surface area contributed by atoms with E-state index in [9.17, 15) is 9.18 Å². The lowest BCUT2D eigenvalue weighted by atomic mass is 9.98. The molecule has 1 radical (unpaired) electrons. The van der Waals surface area contributed by atoms with Gasteiger partial charge in [0.25, 0.3) is 5.91 Å². The van der Waals surface area contributed by atoms with Gasteiger partial charge in [-0.1, -0.05) is 36.4 Å². The van der Waals surface area contributed by atoms with Crippen molar-refractivity contribution in [2.75, 3.05) is 5.73 Å². The average molecular weight is 397 g/mol. The molecule has 4 aromatic rings. The Kier molecular flexibility index (Phi) is 4.20. The van der Waals surface area contributed by atoms with E-state index in [0.29, 0.717) is 35.1 Å². The van der Waals surface area contributed by atoms with Gasteiger partial charge in [0.1, 0.15) is 11.5 Å². The van der Waals surface area contributed by atoms with E-state index in [1.165, 1.54) is 12.1 Å². The number of carbonyl (C=O) groups is 1. The standard InChI is InChI=1S/C24H18FN4O/c1-14-6-8-18(25)11-19(14)15-7-9-21-20(10-15)22(28-24(26)27-21)23(30)29-12-16-4-2-3-5-17(16)13-29/h2-11H,1,12-13H2,(H2,26,27,28). The molecule has 0 atom stereocenters. The van der Waals surface area contributed by atoms with Crippen LogP contribution in [0.2, 0.25) is 0 Å². The van der Waals surface area contributed by atoms with E-state index in [1.807, 2.05) is 30.3 Å². The van der Waals surface area contributed by atoms with Gasteiger partial charge in [-0.05, 0) is 59.0 Å². The molecule has 0 fully saturated rings. The van der Waals surface area contributed by atoms with E-state index in [1.54, 1.807) is 23.1 Å². The fraction of sp³-hybridized carbons (Fsp3) is 0.0833.